The van der Waals surface area contributed by atoms with E-state index in [4.69, 9.17) is 0 Å². The maximum absolute atomic E-state index is 2.37. The van der Waals surface area contributed by atoms with Crippen LogP contribution < -0.4 is 14.7 Å². The molecule has 0 saturated carbocycles. The highest BCUT2D eigenvalue weighted by atomic mass is 32.1. The lowest BCUT2D eigenvalue weighted by Gasteiger charge is -2.26. The largest absolute Gasteiger partial charge is 0.311 e. The smallest absolute Gasteiger partial charge is 0.0462 e. The summed E-state index contributed by atoms with van der Waals surface area (Å²) in [5.74, 6) is 0. The predicted molar refractivity (Wildman–Crippen MR) is 571 cm³/mol. The minimum atomic E-state index is 1.11. The van der Waals surface area contributed by atoms with Crippen LogP contribution in [0.1, 0.15) is 0 Å². The Kier molecular flexibility index (Phi) is 22.9. The topological polar surface area (TPSA) is 9.72 Å². The Labute approximate surface area is 782 Å². The van der Waals surface area contributed by atoms with Crippen LogP contribution in [0.2, 0.25) is 0 Å². The van der Waals surface area contributed by atoms with Crippen LogP contribution in [0.4, 0.5) is 51.2 Å². The lowest BCUT2D eigenvalue weighted by atomic mass is 9.96. The van der Waals surface area contributed by atoms with Crippen molar-refractivity contribution in [3.05, 3.63) is 528 Å². The number of para-hydroxylation sites is 3. The molecule has 3 aromatic heterocycles. The zero-order valence-electron chi connectivity index (χ0n) is 72.3. The van der Waals surface area contributed by atoms with Gasteiger partial charge in [0, 0.05) is 128 Å². The van der Waals surface area contributed by atoms with Crippen LogP contribution in [0.3, 0.4) is 0 Å². The first-order valence-electron chi connectivity index (χ1n) is 44.8. The van der Waals surface area contributed by atoms with Crippen molar-refractivity contribution in [3.8, 4) is 100 Å². The average molecular weight is 1740 g/mol. The molecular formula is C126H87N3S3. The molecule has 624 valence electrons. The van der Waals surface area contributed by atoms with Gasteiger partial charge in [0.25, 0.3) is 0 Å². The Morgan fingerprint density at radius 2 is 0.273 bits per heavy atom. The van der Waals surface area contributed by atoms with Gasteiger partial charge in [-0.15, -0.1) is 34.0 Å². The predicted octanol–water partition coefficient (Wildman–Crippen LogP) is 37.6. The van der Waals surface area contributed by atoms with Crippen LogP contribution in [-0.4, -0.2) is 0 Å². The molecule has 0 N–H and O–H groups in total. The van der Waals surface area contributed by atoms with Crippen LogP contribution in [0.15, 0.2) is 528 Å². The molecule has 0 spiro atoms. The fraction of sp³-hybridized carbons (Fsp3) is 0. The molecular weight excluding hydrogens is 1650 g/mol. The molecule has 0 aliphatic heterocycles. The first-order chi connectivity index (χ1) is 65.4. The molecule has 6 heteroatoms. The van der Waals surface area contributed by atoms with Crippen molar-refractivity contribution in [2.24, 2.45) is 0 Å². The second kappa shape index (κ2) is 37.2. The summed E-state index contributed by atoms with van der Waals surface area (Å²) >= 11 is 5.64. The fourth-order valence-electron chi connectivity index (χ4n) is 18.3. The van der Waals surface area contributed by atoms with E-state index in [-0.39, 0.29) is 0 Å². The first-order valence-corrected chi connectivity index (χ1v) is 47.3. The number of rotatable bonds is 18. The summed E-state index contributed by atoms with van der Waals surface area (Å²) in [6, 6.07) is 190. The van der Waals surface area contributed by atoms with Crippen LogP contribution >= 0.6 is 34.0 Å². The van der Waals surface area contributed by atoms with Gasteiger partial charge in [0.05, 0.1) is 0 Å². The monoisotopic (exact) mass is 1740 g/mol. The molecule has 0 amide bonds. The molecule has 0 fully saturated rings. The van der Waals surface area contributed by atoms with Gasteiger partial charge < -0.3 is 14.7 Å². The van der Waals surface area contributed by atoms with E-state index in [0.717, 1.165) is 51.2 Å². The standard InChI is InChI=1S/C48H33NS.C42H29NS.C36H25NS/c1-4-12-34(13-5-1)37-20-26-41(27-21-37)49(42-28-22-38(23-29-42)35-14-6-2-7-15-35)43-30-24-39(25-31-43)45-32-40(36-16-8-3-9-17-36)33-46-44-18-10-11-19-47(44)50-48(45)46;1-4-12-30(13-5-1)32-20-24-36(25-21-32)43(35-16-8-3-9-17-35)37-26-22-33(23-27-37)39-28-34(31-14-6-2-7-15-31)29-40-38-18-10-11-19-41(38)44-42(39)40;1-4-12-26(13-5-1)28-24-33(36-34(25-28)32-18-10-11-19-35(32)38-36)27-20-22-31(23-21-27)37(29-14-6-2-7-15-29)30-16-8-3-9-17-30/h1-33H;1-29H;1-25H. The molecule has 0 bridgehead atoms. The highest BCUT2D eigenvalue weighted by molar-refractivity contribution is 7.27. The van der Waals surface area contributed by atoms with Gasteiger partial charge in [-0.1, -0.05) is 364 Å². The maximum atomic E-state index is 2.37. The van der Waals surface area contributed by atoms with Crippen molar-refractivity contribution in [1.82, 2.24) is 0 Å². The molecule has 24 rings (SSSR count). The zero-order chi connectivity index (χ0) is 87.9. The van der Waals surface area contributed by atoms with E-state index >= 15 is 0 Å². The summed E-state index contributed by atoms with van der Waals surface area (Å²) in [5, 5.41) is 7.90. The second-order valence-corrected chi connectivity index (χ2v) is 36.1. The first kappa shape index (κ1) is 81.4. The number of thiophene rings is 3. The van der Waals surface area contributed by atoms with E-state index < -0.39 is 0 Å². The molecule has 0 atom stereocenters. The van der Waals surface area contributed by atoms with Crippen molar-refractivity contribution in [2.45, 2.75) is 0 Å². The summed E-state index contributed by atoms with van der Waals surface area (Å²) < 4.78 is 7.94. The molecule has 0 aliphatic carbocycles. The minimum Gasteiger partial charge on any atom is -0.311 e. The lowest BCUT2D eigenvalue weighted by Crippen LogP contribution is -2.09. The minimum absolute atomic E-state index is 1.11. The van der Waals surface area contributed by atoms with Gasteiger partial charge in [0.2, 0.25) is 0 Å². The molecule has 132 heavy (non-hydrogen) atoms. The summed E-state index contributed by atoms with van der Waals surface area (Å²) in [5.41, 5.74) is 32.3. The van der Waals surface area contributed by atoms with Crippen molar-refractivity contribution in [1.29, 1.82) is 0 Å². The second-order valence-electron chi connectivity index (χ2n) is 33.0. The number of benzene rings is 21. The van der Waals surface area contributed by atoms with E-state index in [0.29, 0.717) is 0 Å². The molecule has 3 nitrogen and oxygen atoms in total. The average Bonchev–Trinajstić information content (AvgIpc) is 1.61. The maximum Gasteiger partial charge on any atom is 0.0462 e. The van der Waals surface area contributed by atoms with Crippen molar-refractivity contribution in [2.75, 3.05) is 14.7 Å². The number of nitrogens with zero attached hydrogens (tertiary/aromatic N) is 3. The zero-order valence-corrected chi connectivity index (χ0v) is 74.7. The van der Waals surface area contributed by atoms with Crippen LogP contribution in [0.5, 0.6) is 0 Å². The molecule has 3 heterocycles. The van der Waals surface area contributed by atoms with E-state index in [2.05, 4.69) is 542 Å². The van der Waals surface area contributed by atoms with E-state index in [1.165, 1.54) is 161 Å². The van der Waals surface area contributed by atoms with Crippen molar-refractivity contribution in [3.63, 3.8) is 0 Å². The molecule has 21 aromatic carbocycles. The van der Waals surface area contributed by atoms with Gasteiger partial charge in [-0.05, 0) is 247 Å². The molecule has 0 aliphatic rings. The Balaban J connectivity index is 0.000000117. The molecule has 0 saturated heterocycles. The van der Waals surface area contributed by atoms with Crippen molar-refractivity contribution < 1.29 is 0 Å². The van der Waals surface area contributed by atoms with Crippen LogP contribution in [-0.2, 0) is 0 Å². The number of fused-ring (bicyclic) bond motifs is 9. The number of anilines is 9. The molecule has 0 unspecified atom stereocenters. The molecule has 24 aromatic rings. The quantitative estimate of drug-likeness (QED) is 0.0848. The Morgan fingerprint density at radius 1 is 0.114 bits per heavy atom. The summed E-state index contributed by atoms with van der Waals surface area (Å²) in [6.07, 6.45) is 0. The summed E-state index contributed by atoms with van der Waals surface area (Å²) in [4.78, 5) is 6.98. The van der Waals surface area contributed by atoms with Crippen LogP contribution in [0, 0.1) is 0 Å². The normalized spacial score (nSPS) is 11.2. The van der Waals surface area contributed by atoms with Crippen molar-refractivity contribution >= 4 is 146 Å². The Bertz CT molecular complexity index is 7960. The summed E-state index contributed by atoms with van der Waals surface area (Å²) in [6.45, 7) is 0. The van der Waals surface area contributed by atoms with Crippen LogP contribution in [0.25, 0.3) is 161 Å². The highest BCUT2D eigenvalue weighted by Crippen LogP contribution is 2.50. The van der Waals surface area contributed by atoms with E-state index in [1.54, 1.807) is 0 Å². The highest BCUT2D eigenvalue weighted by Gasteiger charge is 2.23. The number of hydrogen-bond donors (Lipinski definition) is 0. The van der Waals surface area contributed by atoms with Gasteiger partial charge >= 0.3 is 0 Å². The summed E-state index contributed by atoms with van der Waals surface area (Å²) in [7, 11) is 0. The SMILES string of the molecule is c1ccc(-c2cc(-c3ccc(N(c4ccccc4)c4ccccc4)cc3)c3sc4ccccc4c3c2)cc1.c1ccc(-c2ccc(N(c3ccc(-c4ccccc4)cc3)c3ccc(-c4cc(-c5ccccc5)cc5c4sc4ccccc45)cc3)cc2)cc1.c1ccc(-c2ccc(N(c3ccccc3)c3ccc(-c4cc(-c5ccccc5)cc5c4sc4ccccc45)cc3)cc2)cc1. The van der Waals surface area contributed by atoms with E-state index in [1.807, 2.05) is 34.0 Å². The fourth-order valence-corrected chi connectivity index (χ4v) is 21.9. The number of hydrogen-bond acceptors (Lipinski definition) is 6. The third-order valence-electron chi connectivity index (χ3n) is 24.8. The Morgan fingerprint density at radius 3 is 0.485 bits per heavy atom. The van der Waals surface area contributed by atoms with Gasteiger partial charge in [0.1, 0.15) is 0 Å². The van der Waals surface area contributed by atoms with Gasteiger partial charge in [-0.3, -0.25) is 0 Å². The lowest BCUT2D eigenvalue weighted by molar-refractivity contribution is 1.28. The van der Waals surface area contributed by atoms with Gasteiger partial charge in [-0.25, -0.2) is 0 Å². The third kappa shape index (κ3) is 16.8. The van der Waals surface area contributed by atoms with Gasteiger partial charge in [0.15, 0.2) is 0 Å². The van der Waals surface area contributed by atoms with E-state index in [9.17, 15) is 0 Å². The van der Waals surface area contributed by atoms with Gasteiger partial charge in [-0.2, -0.15) is 0 Å². The molecule has 0 radical (unpaired) electrons. The Hall–Kier alpha value is -16.3. The third-order valence-corrected chi connectivity index (χ3v) is 28.5.